The predicted molar refractivity (Wildman–Crippen MR) is 108 cm³/mol. The average Bonchev–Trinajstić information content (AvgIpc) is 3.46. The number of piperazine rings is 1. The molecule has 30 heavy (non-hydrogen) atoms. The number of hydrogen-bond donors (Lipinski definition) is 0. The summed E-state index contributed by atoms with van der Waals surface area (Å²) < 4.78 is 12.7. The third-order valence-corrected chi connectivity index (χ3v) is 6.56. The van der Waals surface area contributed by atoms with Crippen molar-refractivity contribution in [2.75, 3.05) is 33.0 Å². The van der Waals surface area contributed by atoms with Crippen LogP contribution in [-0.2, 0) is 17.9 Å². The lowest BCUT2D eigenvalue weighted by molar-refractivity contribution is -0.138. The van der Waals surface area contributed by atoms with Gasteiger partial charge in [-0.05, 0) is 59.7 Å². The molecule has 0 radical (unpaired) electrons. The van der Waals surface area contributed by atoms with Crippen LogP contribution in [-0.4, -0.2) is 68.9 Å². The maximum Gasteiger partial charge on any atom is 0.231 e. The first-order valence-corrected chi connectivity index (χ1v) is 10.8. The molecule has 3 heterocycles. The van der Waals surface area contributed by atoms with Crippen molar-refractivity contribution < 1.29 is 14.3 Å². The fraction of sp³-hybridized carbons (Fsp3) is 0.619. The van der Waals surface area contributed by atoms with E-state index in [0.717, 1.165) is 76.5 Å². The molecule has 1 amide bonds. The van der Waals surface area contributed by atoms with Crippen LogP contribution in [0.3, 0.4) is 0 Å². The van der Waals surface area contributed by atoms with Gasteiger partial charge in [-0.3, -0.25) is 9.69 Å². The van der Waals surface area contributed by atoms with Crippen LogP contribution in [0.15, 0.2) is 24.5 Å². The molecular weight excluding hydrogens is 384 g/mol. The number of carbonyl (C=O) groups is 1. The molecule has 2 aromatic rings. The Morgan fingerprint density at radius 2 is 1.83 bits per heavy atom. The summed E-state index contributed by atoms with van der Waals surface area (Å²) in [5.41, 5.74) is 1.22. The van der Waals surface area contributed by atoms with Crippen molar-refractivity contribution in [2.24, 2.45) is 11.8 Å². The van der Waals surface area contributed by atoms with E-state index in [0.29, 0.717) is 18.6 Å². The smallest absolute Gasteiger partial charge is 0.231 e. The van der Waals surface area contributed by atoms with Gasteiger partial charge < -0.3 is 14.4 Å². The van der Waals surface area contributed by atoms with Crippen molar-refractivity contribution in [1.29, 1.82) is 0 Å². The first-order chi connectivity index (χ1) is 14.7. The van der Waals surface area contributed by atoms with E-state index in [1.54, 1.807) is 11.0 Å². The highest BCUT2D eigenvalue weighted by Crippen LogP contribution is 2.33. The van der Waals surface area contributed by atoms with E-state index >= 15 is 0 Å². The minimum Gasteiger partial charge on any atom is -0.454 e. The molecule has 160 valence electrons. The molecule has 0 spiro atoms. The van der Waals surface area contributed by atoms with Gasteiger partial charge in [0.2, 0.25) is 12.7 Å². The molecule has 2 fully saturated rings. The molecule has 0 unspecified atom stereocenters. The molecule has 9 heteroatoms. The summed E-state index contributed by atoms with van der Waals surface area (Å²) in [4.78, 5) is 17.5. The average molecular weight is 412 g/mol. The van der Waals surface area contributed by atoms with Gasteiger partial charge in [0.05, 0.1) is 0 Å². The minimum atomic E-state index is 0.176. The van der Waals surface area contributed by atoms with Crippen LogP contribution in [0.4, 0.5) is 0 Å². The van der Waals surface area contributed by atoms with Gasteiger partial charge >= 0.3 is 0 Å². The van der Waals surface area contributed by atoms with Gasteiger partial charge in [-0.15, -0.1) is 5.10 Å². The number of aromatic nitrogens is 4. The maximum absolute atomic E-state index is 13.0. The van der Waals surface area contributed by atoms with Crippen LogP contribution in [0.25, 0.3) is 0 Å². The second kappa shape index (κ2) is 8.59. The molecule has 0 atom stereocenters. The van der Waals surface area contributed by atoms with Crippen molar-refractivity contribution in [3.8, 4) is 11.5 Å². The number of carbonyl (C=O) groups excluding carboxylic acids is 1. The molecule has 5 rings (SSSR count). The van der Waals surface area contributed by atoms with Gasteiger partial charge in [0, 0.05) is 45.2 Å². The zero-order chi connectivity index (χ0) is 20.3. The lowest BCUT2D eigenvalue weighted by Crippen LogP contribution is -2.50. The number of ether oxygens (including phenoxy) is 2. The van der Waals surface area contributed by atoms with E-state index in [1.807, 2.05) is 6.07 Å². The zero-order valence-corrected chi connectivity index (χ0v) is 17.2. The molecule has 1 aromatic heterocycles. The number of hydrogen-bond acceptors (Lipinski definition) is 7. The van der Waals surface area contributed by atoms with Crippen molar-refractivity contribution in [1.82, 2.24) is 30.0 Å². The van der Waals surface area contributed by atoms with Gasteiger partial charge in [0.25, 0.3) is 0 Å². The van der Waals surface area contributed by atoms with Crippen molar-refractivity contribution >= 4 is 5.91 Å². The fourth-order valence-corrected chi connectivity index (χ4v) is 4.80. The second-order valence-electron chi connectivity index (χ2n) is 8.54. The summed E-state index contributed by atoms with van der Waals surface area (Å²) in [6, 6.07) is 6.14. The Labute approximate surface area is 175 Å². The van der Waals surface area contributed by atoms with E-state index in [2.05, 4.69) is 37.5 Å². The summed E-state index contributed by atoms with van der Waals surface area (Å²) in [5, 5.41) is 11.3. The third kappa shape index (κ3) is 4.26. The SMILES string of the molecule is O=C(C1CCC(Cn2cnnn2)CC1)N1CCN(Cc2ccc3c(c2)OCO3)CC1. The Bertz CT molecular complexity index is 858. The number of benzene rings is 1. The van der Waals surface area contributed by atoms with Gasteiger partial charge in [0.15, 0.2) is 11.5 Å². The van der Waals surface area contributed by atoms with E-state index in [9.17, 15) is 4.79 Å². The summed E-state index contributed by atoms with van der Waals surface area (Å²) >= 11 is 0. The Morgan fingerprint density at radius 3 is 2.60 bits per heavy atom. The van der Waals surface area contributed by atoms with Gasteiger partial charge in [0.1, 0.15) is 6.33 Å². The molecule has 0 bridgehead atoms. The van der Waals surface area contributed by atoms with E-state index in [1.165, 1.54) is 5.56 Å². The van der Waals surface area contributed by atoms with Gasteiger partial charge in [-0.1, -0.05) is 6.07 Å². The third-order valence-electron chi connectivity index (χ3n) is 6.56. The highest BCUT2D eigenvalue weighted by molar-refractivity contribution is 5.79. The Kier molecular flexibility index (Phi) is 5.52. The van der Waals surface area contributed by atoms with Crippen LogP contribution in [0.1, 0.15) is 31.2 Å². The normalized spacial score (nSPS) is 24.2. The summed E-state index contributed by atoms with van der Waals surface area (Å²) in [6.07, 6.45) is 5.76. The lowest BCUT2D eigenvalue weighted by Gasteiger charge is -2.38. The van der Waals surface area contributed by atoms with Crippen LogP contribution in [0.2, 0.25) is 0 Å². The predicted octanol–water partition coefficient (Wildman–Crippen LogP) is 1.55. The van der Waals surface area contributed by atoms with Crippen LogP contribution in [0.5, 0.6) is 11.5 Å². The molecular formula is C21H28N6O3. The molecule has 2 aliphatic heterocycles. The quantitative estimate of drug-likeness (QED) is 0.737. The number of fused-ring (bicyclic) bond motifs is 1. The molecule has 9 nitrogen and oxygen atoms in total. The number of nitrogens with zero attached hydrogens (tertiary/aromatic N) is 6. The molecule has 1 saturated heterocycles. The van der Waals surface area contributed by atoms with Crippen molar-refractivity contribution in [3.63, 3.8) is 0 Å². The number of rotatable bonds is 5. The molecule has 0 N–H and O–H groups in total. The minimum absolute atomic E-state index is 0.176. The van der Waals surface area contributed by atoms with Gasteiger partial charge in [-0.2, -0.15) is 0 Å². The van der Waals surface area contributed by atoms with E-state index in [4.69, 9.17) is 9.47 Å². The highest BCUT2D eigenvalue weighted by atomic mass is 16.7. The Balaban J connectivity index is 1.07. The monoisotopic (exact) mass is 412 g/mol. The first kappa shape index (κ1) is 19.3. The van der Waals surface area contributed by atoms with E-state index < -0.39 is 0 Å². The number of amides is 1. The molecule has 1 saturated carbocycles. The summed E-state index contributed by atoms with van der Waals surface area (Å²) in [7, 11) is 0. The standard InChI is InChI=1S/C21H28N6O3/c28-21(18-4-1-16(2-5-18)13-27-14-22-23-24-27)26-9-7-25(8-10-26)12-17-3-6-19-20(11-17)30-15-29-19/h3,6,11,14,16,18H,1-2,4-5,7-10,12-13,15H2. The Morgan fingerprint density at radius 1 is 1.03 bits per heavy atom. The summed E-state index contributed by atoms with van der Waals surface area (Å²) in [5.74, 6) is 2.74. The fourth-order valence-electron chi connectivity index (χ4n) is 4.80. The van der Waals surface area contributed by atoms with Crippen LogP contribution >= 0.6 is 0 Å². The van der Waals surface area contributed by atoms with Crippen LogP contribution < -0.4 is 9.47 Å². The Hall–Kier alpha value is -2.68. The van der Waals surface area contributed by atoms with Crippen molar-refractivity contribution in [2.45, 2.75) is 38.8 Å². The molecule has 1 aliphatic carbocycles. The van der Waals surface area contributed by atoms with Gasteiger partial charge in [-0.25, -0.2) is 4.68 Å². The number of tetrazole rings is 1. The molecule has 1 aromatic carbocycles. The van der Waals surface area contributed by atoms with E-state index in [-0.39, 0.29) is 5.92 Å². The summed E-state index contributed by atoms with van der Waals surface area (Å²) in [6.45, 7) is 5.48. The highest BCUT2D eigenvalue weighted by Gasteiger charge is 2.31. The maximum atomic E-state index is 13.0. The van der Waals surface area contributed by atoms with Crippen molar-refractivity contribution in [3.05, 3.63) is 30.1 Å². The largest absolute Gasteiger partial charge is 0.454 e. The topological polar surface area (TPSA) is 85.6 Å². The molecule has 3 aliphatic rings. The zero-order valence-electron chi connectivity index (χ0n) is 17.2. The first-order valence-electron chi connectivity index (χ1n) is 10.8. The lowest BCUT2D eigenvalue weighted by atomic mass is 9.81. The second-order valence-corrected chi connectivity index (χ2v) is 8.54. The van der Waals surface area contributed by atoms with Crippen LogP contribution in [0, 0.1) is 11.8 Å².